The molecule has 2 saturated carbocycles. The topological polar surface area (TPSA) is 52.7 Å². The van der Waals surface area contributed by atoms with Gasteiger partial charge in [-0.2, -0.15) is 0 Å². The Morgan fingerprint density at radius 1 is 1.10 bits per heavy atom. The molecule has 21 heavy (non-hydrogen) atoms. The van der Waals surface area contributed by atoms with Crippen LogP contribution in [0.2, 0.25) is 0 Å². The largest absolute Gasteiger partial charge is 0.352 e. The van der Waals surface area contributed by atoms with Crippen molar-refractivity contribution in [1.82, 2.24) is 15.1 Å². The Balaban J connectivity index is 1.39. The molecule has 5 heteroatoms. The highest BCUT2D eigenvalue weighted by Gasteiger charge is 2.40. The van der Waals surface area contributed by atoms with Gasteiger partial charge >= 0.3 is 0 Å². The molecule has 0 aromatic heterocycles. The Morgan fingerprint density at radius 3 is 2.43 bits per heavy atom. The standard InChI is InChI=1S/C16H27N3O2/c1-2-16(21)19-7-5-18(6-8-19)11-15(20)17-14-10-12-3-4-13(14)9-12/h12-14H,2-11H2,1H3,(H,17,20)/t12-,13+,14+/m1/s1. The van der Waals surface area contributed by atoms with Gasteiger partial charge in [-0.3, -0.25) is 14.5 Å². The fourth-order valence-electron chi connectivity index (χ4n) is 4.26. The minimum atomic E-state index is 0.169. The van der Waals surface area contributed by atoms with E-state index in [9.17, 15) is 9.59 Å². The molecule has 0 radical (unpaired) electrons. The Labute approximate surface area is 127 Å². The zero-order chi connectivity index (χ0) is 14.8. The quantitative estimate of drug-likeness (QED) is 0.836. The van der Waals surface area contributed by atoms with Crippen molar-refractivity contribution in [2.75, 3.05) is 32.7 Å². The van der Waals surface area contributed by atoms with Gasteiger partial charge in [-0.05, 0) is 31.1 Å². The molecule has 1 aliphatic heterocycles. The monoisotopic (exact) mass is 293 g/mol. The molecule has 118 valence electrons. The van der Waals surface area contributed by atoms with Crippen LogP contribution in [-0.4, -0.2) is 60.4 Å². The van der Waals surface area contributed by atoms with E-state index in [0.29, 0.717) is 19.0 Å². The summed E-state index contributed by atoms with van der Waals surface area (Å²) in [6.07, 6.45) is 5.75. The SMILES string of the molecule is CCC(=O)N1CCN(CC(=O)N[C@H]2C[C@@H]3CC[C@H]2C3)CC1. The second-order valence-electron chi connectivity index (χ2n) is 6.86. The Morgan fingerprint density at radius 2 is 1.86 bits per heavy atom. The van der Waals surface area contributed by atoms with Crippen LogP contribution in [0, 0.1) is 11.8 Å². The van der Waals surface area contributed by atoms with Crippen molar-refractivity contribution < 1.29 is 9.59 Å². The van der Waals surface area contributed by atoms with E-state index >= 15 is 0 Å². The molecule has 0 unspecified atom stereocenters. The van der Waals surface area contributed by atoms with E-state index in [0.717, 1.165) is 38.0 Å². The van der Waals surface area contributed by atoms with Gasteiger partial charge in [-0.1, -0.05) is 13.3 Å². The second kappa shape index (κ2) is 6.34. The van der Waals surface area contributed by atoms with Crippen molar-refractivity contribution in [3.8, 4) is 0 Å². The van der Waals surface area contributed by atoms with Gasteiger partial charge in [-0.15, -0.1) is 0 Å². The molecule has 3 fully saturated rings. The maximum absolute atomic E-state index is 12.2. The van der Waals surface area contributed by atoms with Crippen LogP contribution in [0.3, 0.4) is 0 Å². The number of nitrogens with zero attached hydrogens (tertiary/aromatic N) is 2. The highest BCUT2D eigenvalue weighted by Crippen LogP contribution is 2.44. The fraction of sp³-hybridized carbons (Fsp3) is 0.875. The van der Waals surface area contributed by atoms with Gasteiger partial charge in [0.1, 0.15) is 0 Å². The molecule has 0 aromatic carbocycles. The predicted molar refractivity (Wildman–Crippen MR) is 80.7 cm³/mol. The van der Waals surface area contributed by atoms with Crippen molar-refractivity contribution in [2.24, 2.45) is 11.8 Å². The van der Waals surface area contributed by atoms with Gasteiger partial charge in [0.15, 0.2) is 0 Å². The average Bonchev–Trinajstić information content (AvgIpc) is 3.09. The lowest BCUT2D eigenvalue weighted by Crippen LogP contribution is -2.52. The summed E-state index contributed by atoms with van der Waals surface area (Å²) in [5, 5.41) is 3.24. The third-order valence-electron chi connectivity index (χ3n) is 5.48. The summed E-state index contributed by atoms with van der Waals surface area (Å²) < 4.78 is 0. The van der Waals surface area contributed by atoms with Crippen LogP contribution in [0.4, 0.5) is 0 Å². The van der Waals surface area contributed by atoms with E-state index < -0.39 is 0 Å². The first-order valence-electron chi connectivity index (χ1n) is 8.45. The third-order valence-corrected chi connectivity index (χ3v) is 5.48. The fourth-order valence-corrected chi connectivity index (χ4v) is 4.26. The van der Waals surface area contributed by atoms with Gasteiger partial charge < -0.3 is 10.2 Å². The number of amides is 2. The van der Waals surface area contributed by atoms with Crippen molar-refractivity contribution in [2.45, 2.75) is 45.1 Å². The average molecular weight is 293 g/mol. The second-order valence-corrected chi connectivity index (χ2v) is 6.86. The molecular formula is C16H27N3O2. The molecule has 2 bridgehead atoms. The maximum atomic E-state index is 12.2. The lowest BCUT2D eigenvalue weighted by molar-refractivity contribution is -0.133. The number of hydrogen-bond donors (Lipinski definition) is 1. The zero-order valence-corrected chi connectivity index (χ0v) is 13.0. The Hall–Kier alpha value is -1.10. The number of fused-ring (bicyclic) bond motifs is 2. The number of carbonyl (C=O) groups is 2. The van der Waals surface area contributed by atoms with Crippen molar-refractivity contribution in [3.63, 3.8) is 0 Å². The van der Waals surface area contributed by atoms with E-state index in [1.54, 1.807) is 0 Å². The van der Waals surface area contributed by atoms with E-state index in [1.165, 1.54) is 25.7 Å². The Kier molecular flexibility index (Phi) is 4.48. The molecule has 1 heterocycles. The number of rotatable bonds is 4. The highest BCUT2D eigenvalue weighted by molar-refractivity contribution is 5.78. The molecule has 3 atom stereocenters. The van der Waals surface area contributed by atoms with E-state index in [2.05, 4.69) is 10.2 Å². The first kappa shape index (κ1) is 14.8. The van der Waals surface area contributed by atoms with Crippen LogP contribution in [0.5, 0.6) is 0 Å². The lowest BCUT2D eigenvalue weighted by Gasteiger charge is -2.34. The van der Waals surface area contributed by atoms with Gasteiger partial charge in [-0.25, -0.2) is 0 Å². The van der Waals surface area contributed by atoms with Crippen LogP contribution >= 0.6 is 0 Å². The Bertz CT molecular complexity index is 404. The summed E-state index contributed by atoms with van der Waals surface area (Å²) in [6.45, 7) is 5.54. The molecule has 3 aliphatic rings. The number of piperazine rings is 1. The normalized spacial score (nSPS) is 32.4. The van der Waals surface area contributed by atoms with E-state index in [-0.39, 0.29) is 11.8 Å². The lowest BCUT2D eigenvalue weighted by atomic mass is 9.95. The molecule has 2 amide bonds. The molecule has 3 rings (SSSR count). The smallest absolute Gasteiger partial charge is 0.234 e. The van der Waals surface area contributed by atoms with Crippen molar-refractivity contribution in [1.29, 1.82) is 0 Å². The molecule has 1 N–H and O–H groups in total. The summed E-state index contributed by atoms with van der Waals surface area (Å²) in [6, 6.07) is 0.430. The van der Waals surface area contributed by atoms with Gasteiger partial charge in [0.05, 0.1) is 6.54 Å². The third kappa shape index (κ3) is 3.39. The van der Waals surface area contributed by atoms with Crippen molar-refractivity contribution in [3.05, 3.63) is 0 Å². The summed E-state index contributed by atoms with van der Waals surface area (Å²) in [5.74, 6) is 1.99. The van der Waals surface area contributed by atoms with E-state index in [1.807, 2.05) is 11.8 Å². The zero-order valence-electron chi connectivity index (χ0n) is 13.0. The summed E-state index contributed by atoms with van der Waals surface area (Å²) in [7, 11) is 0. The summed E-state index contributed by atoms with van der Waals surface area (Å²) in [5.41, 5.74) is 0. The minimum absolute atomic E-state index is 0.169. The van der Waals surface area contributed by atoms with Gasteiger partial charge in [0.2, 0.25) is 11.8 Å². The number of nitrogens with one attached hydrogen (secondary N) is 1. The summed E-state index contributed by atoms with van der Waals surface area (Å²) >= 11 is 0. The molecule has 1 saturated heterocycles. The first-order chi connectivity index (χ1) is 10.2. The molecule has 2 aliphatic carbocycles. The number of hydrogen-bond acceptors (Lipinski definition) is 3. The van der Waals surface area contributed by atoms with Gasteiger partial charge in [0, 0.05) is 38.6 Å². The maximum Gasteiger partial charge on any atom is 0.234 e. The van der Waals surface area contributed by atoms with E-state index in [4.69, 9.17) is 0 Å². The molecule has 0 spiro atoms. The van der Waals surface area contributed by atoms with Crippen LogP contribution < -0.4 is 5.32 Å². The highest BCUT2D eigenvalue weighted by atomic mass is 16.2. The van der Waals surface area contributed by atoms with Gasteiger partial charge in [0.25, 0.3) is 0 Å². The minimum Gasteiger partial charge on any atom is -0.352 e. The van der Waals surface area contributed by atoms with Crippen molar-refractivity contribution >= 4 is 11.8 Å². The van der Waals surface area contributed by atoms with Crippen LogP contribution in [0.25, 0.3) is 0 Å². The predicted octanol–water partition coefficient (Wildman–Crippen LogP) is 0.845. The molecular weight excluding hydrogens is 266 g/mol. The van der Waals surface area contributed by atoms with Crippen LogP contribution in [-0.2, 0) is 9.59 Å². The number of carbonyl (C=O) groups excluding carboxylic acids is 2. The summed E-state index contributed by atoms with van der Waals surface area (Å²) in [4.78, 5) is 27.9. The van der Waals surface area contributed by atoms with Crippen LogP contribution in [0.1, 0.15) is 39.0 Å². The first-order valence-corrected chi connectivity index (χ1v) is 8.45. The van der Waals surface area contributed by atoms with Crippen LogP contribution in [0.15, 0.2) is 0 Å². The molecule has 0 aromatic rings. The molecule has 5 nitrogen and oxygen atoms in total.